The van der Waals surface area contributed by atoms with Gasteiger partial charge < -0.3 is 9.15 Å². The molecular weight excluding hydrogens is 515 g/mol. The summed E-state index contributed by atoms with van der Waals surface area (Å²) in [6, 6.07) is 9.61. The van der Waals surface area contributed by atoms with E-state index in [0.29, 0.717) is 16.5 Å². The first kappa shape index (κ1) is 34.3. The van der Waals surface area contributed by atoms with Gasteiger partial charge in [-0.1, -0.05) is 85.5 Å². The number of hydrogen-bond donors (Lipinski definition) is 0. The van der Waals surface area contributed by atoms with Crippen LogP contribution in [0.3, 0.4) is 0 Å². The summed E-state index contributed by atoms with van der Waals surface area (Å²) in [6.07, 6.45) is 17.3. The van der Waals surface area contributed by atoms with E-state index < -0.39 is 0 Å². The summed E-state index contributed by atoms with van der Waals surface area (Å²) < 4.78 is 23.8. The van der Waals surface area contributed by atoms with Gasteiger partial charge in [0.1, 0.15) is 17.1 Å². The molecule has 0 spiro atoms. The van der Waals surface area contributed by atoms with Crippen LogP contribution in [0.2, 0.25) is 0 Å². The molecule has 0 fully saturated rings. The largest absolute Gasteiger partial charge is 0.496 e. The molecule has 3 rings (SSSR count). The molecule has 2 aromatic carbocycles. The molecule has 1 heterocycles. The van der Waals surface area contributed by atoms with Crippen LogP contribution in [-0.2, 0) is 12.8 Å². The first-order valence-corrected chi connectivity index (χ1v) is 15.8. The maximum absolute atomic E-state index is 12.7. The van der Waals surface area contributed by atoms with Crippen molar-refractivity contribution in [1.29, 1.82) is 0 Å². The van der Waals surface area contributed by atoms with Crippen molar-refractivity contribution in [3.8, 4) is 5.75 Å². The molecule has 0 saturated heterocycles. The molecule has 0 atom stereocenters. The van der Waals surface area contributed by atoms with E-state index in [4.69, 9.17) is 9.15 Å². The molecule has 0 saturated carbocycles. The molecule has 1 aromatic heterocycles. The van der Waals surface area contributed by atoms with E-state index in [9.17, 15) is 14.0 Å². The second-order valence-corrected chi connectivity index (χ2v) is 11.0. The zero-order valence-corrected chi connectivity index (χ0v) is 26.0. The number of methoxy groups -OCH3 is 1. The topological polar surface area (TPSA) is 56.5 Å². The van der Waals surface area contributed by atoms with Gasteiger partial charge in [0, 0.05) is 23.1 Å². The van der Waals surface area contributed by atoms with Gasteiger partial charge in [0.2, 0.25) is 0 Å². The Morgan fingerprint density at radius 2 is 1.44 bits per heavy atom. The van der Waals surface area contributed by atoms with Gasteiger partial charge in [0.15, 0.2) is 11.2 Å². The number of hydrogen-bond acceptors (Lipinski definition) is 4. The number of ether oxygens (including phenoxy) is 1. The van der Waals surface area contributed by atoms with Gasteiger partial charge in [-0.3, -0.25) is 9.59 Å². The van der Waals surface area contributed by atoms with Crippen molar-refractivity contribution in [3.05, 3.63) is 75.4 Å². The summed E-state index contributed by atoms with van der Waals surface area (Å²) >= 11 is 0. The molecule has 0 aliphatic heterocycles. The van der Waals surface area contributed by atoms with E-state index in [0.717, 1.165) is 61.8 Å². The normalized spacial score (nSPS) is 11.0. The van der Waals surface area contributed by atoms with E-state index in [1.807, 2.05) is 12.1 Å². The number of aryl methyl sites for hydroxylation is 2. The zero-order valence-electron chi connectivity index (χ0n) is 26.0. The Morgan fingerprint density at radius 3 is 2.00 bits per heavy atom. The first-order chi connectivity index (χ1) is 19.9. The molecule has 0 N–H and O–H groups in total. The van der Waals surface area contributed by atoms with Crippen LogP contribution in [0.25, 0.3) is 11.0 Å². The Balaban J connectivity index is 0.000000317. The predicted molar refractivity (Wildman–Crippen MR) is 169 cm³/mol. The number of halogens is 1. The van der Waals surface area contributed by atoms with Crippen molar-refractivity contribution < 1.29 is 18.3 Å². The molecule has 0 aliphatic rings. The number of Topliss-reactive ketones (excluding diaryl/α,β-unsaturated/α-hetero) is 1. The molecule has 5 heteroatoms. The van der Waals surface area contributed by atoms with Crippen LogP contribution < -0.4 is 10.2 Å². The predicted octanol–water partition coefficient (Wildman–Crippen LogP) is 10.3. The highest BCUT2D eigenvalue weighted by atomic mass is 19.1. The Kier molecular flexibility index (Phi) is 16.1. The van der Waals surface area contributed by atoms with Crippen LogP contribution >= 0.6 is 0 Å². The molecule has 226 valence electrons. The van der Waals surface area contributed by atoms with Crippen molar-refractivity contribution in [1.82, 2.24) is 0 Å². The summed E-state index contributed by atoms with van der Waals surface area (Å²) in [6.45, 7) is 8.48. The van der Waals surface area contributed by atoms with Crippen LogP contribution in [0, 0.1) is 11.7 Å². The molecular formula is C36H51FO4. The quantitative estimate of drug-likeness (QED) is 0.120. The van der Waals surface area contributed by atoms with Crippen molar-refractivity contribution >= 4 is 16.8 Å². The van der Waals surface area contributed by atoms with Crippen LogP contribution in [0.5, 0.6) is 5.75 Å². The van der Waals surface area contributed by atoms with Crippen molar-refractivity contribution in [2.75, 3.05) is 7.11 Å². The molecule has 0 radical (unpaired) electrons. The second kappa shape index (κ2) is 19.2. The minimum atomic E-state index is -0.293. The lowest BCUT2D eigenvalue weighted by atomic mass is 9.90. The van der Waals surface area contributed by atoms with E-state index >= 15 is 0 Å². The molecule has 0 bridgehead atoms. The lowest BCUT2D eigenvalue weighted by molar-refractivity contribution is 0.0905. The lowest BCUT2D eigenvalue weighted by Gasteiger charge is -2.13. The summed E-state index contributed by atoms with van der Waals surface area (Å²) in [7, 11) is 1.65. The Bertz CT molecular complexity index is 1220. The summed E-state index contributed by atoms with van der Waals surface area (Å²) in [5, 5.41) is 0.676. The fourth-order valence-corrected chi connectivity index (χ4v) is 5.28. The fourth-order valence-electron chi connectivity index (χ4n) is 5.28. The van der Waals surface area contributed by atoms with Crippen LogP contribution in [-0.4, -0.2) is 12.9 Å². The summed E-state index contributed by atoms with van der Waals surface area (Å²) in [5.41, 5.74) is 3.20. The van der Waals surface area contributed by atoms with Crippen LogP contribution in [0.1, 0.15) is 126 Å². The van der Waals surface area contributed by atoms with E-state index in [1.54, 1.807) is 25.5 Å². The number of rotatable bonds is 17. The van der Waals surface area contributed by atoms with Gasteiger partial charge >= 0.3 is 0 Å². The van der Waals surface area contributed by atoms with Gasteiger partial charge in [0.25, 0.3) is 0 Å². The van der Waals surface area contributed by atoms with E-state index in [-0.39, 0.29) is 22.9 Å². The fraction of sp³-hybridized carbons (Fsp3) is 0.556. The van der Waals surface area contributed by atoms with Crippen LogP contribution in [0.15, 0.2) is 51.9 Å². The number of ketones is 1. The highest BCUT2D eigenvalue weighted by molar-refractivity contribution is 5.97. The van der Waals surface area contributed by atoms with Crippen molar-refractivity contribution in [2.45, 2.75) is 118 Å². The SMILES string of the molecule is CCCC(CCC)C(=O)c1ccc(F)cc1.CCCCCCCCCCc1coc2cc(OC)c(CC)cc2c1=O. The third-order valence-electron chi connectivity index (χ3n) is 7.70. The molecule has 3 aromatic rings. The summed E-state index contributed by atoms with van der Waals surface area (Å²) in [5.74, 6) is 0.747. The minimum absolute atomic E-state index is 0.0976. The number of benzene rings is 2. The van der Waals surface area contributed by atoms with Gasteiger partial charge in [0.05, 0.1) is 18.8 Å². The smallest absolute Gasteiger partial charge is 0.195 e. The third-order valence-corrected chi connectivity index (χ3v) is 7.70. The maximum atomic E-state index is 12.7. The highest BCUT2D eigenvalue weighted by Gasteiger charge is 2.18. The average molecular weight is 567 g/mol. The Labute approximate surface area is 246 Å². The molecule has 0 amide bonds. The number of carbonyl (C=O) groups is 1. The number of unbranched alkanes of at least 4 members (excludes halogenated alkanes) is 7. The zero-order chi connectivity index (χ0) is 30.0. The van der Waals surface area contributed by atoms with Crippen LogP contribution in [0.4, 0.5) is 4.39 Å². The monoisotopic (exact) mass is 566 g/mol. The van der Waals surface area contributed by atoms with Crippen molar-refractivity contribution in [3.63, 3.8) is 0 Å². The Hall–Kier alpha value is -2.95. The second-order valence-electron chi connectivity index (χ2n) is 11.0. The number of carbonyl (C=O) groups excluding carboxylic acids is 1. The first-order valence-electron chi connectivity index (χ1n) is 15.8. The van der Waals surface area contributed by atoms with Gasteiger partial charge in [-0.25, -0.2) is 4.39 Å². The maximum Gasteiger partial charge on any atom is 0.195 e. The molecule has 0 unspecified atom stereocenters. The van der Waals surface area contributed by atoms with E-state index in [2.05, 4.69) is 27.7 Å². The average Bonchev–Trinajstić information content (AvgIpc) is 2.99. The molecule has 4 nitrogen and oxygen atoms in total. The summed E-state index contributed by atoms with van der Waals surface area (Å²) in [4.78, 5) is 24.8. The van der Waals surface area contributed by atoms with Gasteiger partial charge in [-0.05, 0) is 68.0 Å². The minimum Gasteiger partial charge on any atom is -0.496 e. The van der Waals surface area contributed by atoms with Gasteiger partial charge in [-0.2, -0.15) is 0 Å². The van der Waals surface area contributed by atoms with Gasteiger partial charge in [-0.15, -0.1) is 0 Å². The van der Waals surface area contributed by atoms with Crippen molar-refractivity contribution in [2.24, 2.45) is 5.92 Å². The number of fused-ring (bicyclic) bond motifs is 1. The third kappa shape index (κ3) is 11.1. The van der Waals surface area contributed by atoms with E-state index in [1.165, 1.54) is 57.1 Å². The molecule has 0 aliphatic carbocycles. The Morgan fingerprint density at radius 1 is 0.829 bits per heavy atom. The molecule has 41 heavy (non-hydrogen) atoms. The highest BCUT2D eigenvalue weighted by Crippen LogP contribution is 2.25. The lowest BCUT2D eigenvalue weighted by Crippen LogP contribution is -2.14. The standard InChI is InChI=1S/C22H32O3.C14H19FO/c1-4-6-7-8-9-10-11-12-13-18-16-25-21-15-20(24-3)17(5-2)14-19(21)22(18)23;1-3-5-11(6-4-2)14(16)12-7-9-13(15)10-8-12/h14-16H,4-13H2,1-3H3;7-11H,3-6H2,1-2H3.